The highest BCUT2D eigenvalue weighted by molar-refractivity contribution is 6.03. The minimum absolute atomic E-state index is 0.125. The molecule has 4 amide bonds. The molecule has 3 N–H and O–H groups in total. The molecule has 0 aromatic heterocycles. The van der Waals surface area contributed by atoms with Crippen molar-refractivity contribution in [1.29, 1.82) is 0 Å². The summed E-state index contributed by atoms with van der Waals surface area (Å²) < 4.78 is 5.55. The number of hydrogen-bond donors (Lipinski definition) is 3. The highest BCUT2D eigenvalue weighted by Gasteiger charge is 2.34. The lowest BCUT2D eigenvalue weighted by molar-refractivity contribution is -0.125. The number of amides is 4. The molecule has 2 saturated heterocycles. The topological polar surface area (TPSA) is 96.5 Å². The van der Waals surface area contributed by atoms with Gasteiger partial charge in [-0.1, -0.05) is 42.5 Å². The maximum absolute atomic E-state index is 12.5. The SMILES string of the molecule is O=C1CC(Cc2ccc(NC(=O)NCC3(c4ccccc4)CCOCC3)cc2)C(=O)N1. The van der Waals surface area contributed by atoms with Crippen LogP contribution in [0.15, 0.2) is 54.6 Å². The number of carbonyl (C=O) groups is 3. The van der Waals surface area contributed by atoms with Gasteiger partial charge in [0.2, 0.25) is 11.8 Å². The number of urea groups is 1. The molecule has 0 saturated carbocycles. The molecule has 0 bridgehead atoms. The minimum atomic E-state index is -0.316. The number of benzene rings is 2. The summed E-state index contributed by atoms with van der Waals surface area (Å²) in [7, 11) is 0. The van der Waals surface area contributed by atoms with Gasteiger partial charge >= 0.3 is 6.03 Å². The first kappa shape index (κ1) is 21.1. The average molecular weight is 421 g/mol. The molecule has 31 heavy (non-hydrogen) atoms. The molecule has 2 aromatic rings. The van der Waals surface area contributed by atoms with Crippen LogP contribution >= 0.6 is 0 Å². The van der Waals surface area contributed by atoms with Gasteiger partial charge in [-0.05, 0) is 42.5 Å². The van der Waals surface area contributed by atoms with Crippen molar-refractivity contribution in [2.45, 2.75) is 31.1 Å². The van der Waals surface area contributed by atoms with Crippen LogP contribution in [0.4, 0.5) is 10.5 Å². The Morgan fingerprint density at radius 1 is 1.03 bits per heavy atom. The third-order valence-electron chi connectivity index (χ3n) is 6.18. The van der Waals surface area contributed by atoms with Crippen LogP contribution in [0.5, 0.6) is 0 Å². The van der Waals surface area contributed by atoms with E-state index >= 15 is 0 Å². The Labute approximate surface area is 181 Å². The van der Waals surface area contributed by atoms with Crippen molar-refractivity contribution in [3.63, 3.8) is 0 Å². The summed E-state index contributed by atoms with van der Waals surface area (Å²) in [4.78, 5) is 35.6. The predicted octanol–water partition coefficient (Wildman–Crippen LogP) is 2.76. The standard InChI is InChI=1S/C24H27N3O4/c28-21-15-18(22(29)27-21)14-17-6-8-20(9-7-17)26-23(30)25-16-24(10-12-31-13-11-24)19-4-2-1-3-5-19/h1-9,18H,10-16H2,(H2,25,26,30)(H,27,28,29). The molecule has 2 aromatic carbocycles. The molecular weight excluding hydrogens is 394 g/mol. The third kappa shape index (κ3) is 5.11. The Hall–Kier alpha value is -3.19. The van der Waals surface area contributed by atoms with E-state index in [1.165, 1.54) is 5.56 Å². The lowest BCUT2D eigenvalue weighted by atomic mass is 9.74. The van der Waals surface area contributed by atoms with Crippen LogP contribution in [0.3, 0.4) is 0 Å². The molecule has 0 spiro atoms. The Balaban J connectivity index is 1.33. The first-order valence-corrected chi connectivity index (χ1v) is 10.6. The van der Waals surface area contributed by atoms with Gasteiger partial charge in [-0.25, -0.2) is 4.79 Å². The number of rotatable bonds is 6. The van der Waals surface area contributed by atoms with E-state index in [0.29, 0.717) is 31.9 Å². The van der Waals surface area contributed by atoms with Gasteiger partial charge in [0.1, 0.15) is 0 Å². The van der Waals surface area contributed by atoms with E-state index in [9.17, 15) is 14.4 Å². The van der Waals surface area contributed by atoms with Gasteiger partial charge < -0.3 is 15.4 Å². The van der Waals surface area contributed by atoms with Crippen LogP contribution in [0, 0.1) is 5.92 Å². The summed E-state index contributed by atoms with van der Waals surface area (Å²) in [6.07, 6.45) is 2.47. The molecule has 0 aliphatic carbocycles. The van der Waals surface area contributed by atoms with Gasteiger partial charge in [-0.3, -0.25) is 14.9 Å². The first-order valence-electron chi connectivity index (χ1n) is 10.6. The Kier molecular flexibility index (Phi) is 6.32. The molecule has 7 nitrogen and oxygen atoms in total. The molecule has 2 aliphatic rings. The van der Waals surface area contributed by atoms with E-state index in [4.69, 9.17) is 4.74 Å². The minimum Gasteiger partial charge on any atom is -0.381 e. The van der Waals surface area contributed by atoms with Crippen molar-refractivity contribution < 1.29 is 19.1 Å². The van der Waals surface area contributed by atoms with E-state index in [1.807, 2.05) is 42.5 Å². The number of anilines is 1. The molecule has 2 aliphatic heterocycles. The second kappa shape index (κ2) is 9.31. The van der Waals surface area contributed by atoms with Crippen LogP contribution in [0.1, 0.15) is 30.4 Å². The van der Waals surface area contributed by atoms with Crippen LogP contribution in [-0.2, 0) is 26.2 Å². The van der Waals surface area contributed by atoms with Gasteiger partial charge in [0.25, 0.3) is 0 Å². The zero-order valence-electron chi connectivity index (χ0n) is 17.4. The summed E-state index contributed by atoms with van der Waals surface area (Å²) in [5.41, 5.74) is 2.72. The van der Waals surface area contributed by atoms with Gasteiger partial charge in [-0.2, -0.15) is 0 Å². The maximum Gasteiger partial charge on any atom is 0.319 e. The fraction of sp³-hybridized carbons (Fsp3) is 0.375. The largest absolute Gasteiger partial charge is 0.381 e. The molecule has 1 atom stereocenters. The Bertz CT molecular complexity index is 937. The van der Waals surface area contributed by atoms with Gasteiger partial charge in [0.05, 0.1) is 5.92 Å². The van der Waals surface area contributed by atoms with Crippen LogP contribution in [0.2, 0.25) is 0 Å². The smallest absolute Gasteiger partial charge is 0.319 e. The lowest BCUT2D eigenvalue weighted by Crippen LogP contribution is -2.45. The Morgan fingerprint density at radius 2 is 1.74 bits per heavy atom. The van der Waals surface area contributed by atoms with Crippen molar-refractivity contribution in [2.24, 2.45) is 5.92 Å². The molecule has 7 heteroatoms. The fourth-order valence-corrected chi connectivity index (χ4v) is 4.33. The Morgan fingerprint density at radius 3 is 2.39 bits per heavy atom. The van der Waals surface area contributed by atoms with E-state index < -0.39 is 0 Å². The summed E-state index contributed by atoms with van der Waals surface area (Å²) in [5.74, 6) is -0.752. The molecule has 4 rings (SSSR count). The lowest BCUT2D eigenvalue weighted by Gasteiger charge is -2.38. The average Bonchev–Trinajstić information content (AvgIpc) is 3.11. The van der Waals surface area contributed by atoms with Crippen molar-refractivity contribution in [3.8, 4) is 0 Å². The van der Waals surface area contributed by atoms with E-state index in [2.05, 4.69) is 28.1 Å². The zero-order chi connectivity index (χ0) is 21.7. The third-order valence-corrected chi connectivity index (χ3v) is 6.18. The second-order valence-electron chi connectivity index (χ2n) is 8.28. The van der Waals surface area contributed by atoms with Crippen LogP contribution in [0.25, 0.3) is 0 Å². The van der Waals surface area contributed by atoms with E-state index in [-0.39, 0.29) is 35.6 Å². The second-order valence-corrected chi connectivity index (χ2v) is 8.28. The normalized spacial score (nSPS) is 20.2. The summed E-state index contributed by atoms with van der Waals surface area (Å²) in [5, 5.41) is 8.23. The first-order chi connectivity index (χ1) is 15.0. The van der Waals surface area contributed by atoms with Crippen molar-refractivity contribution in [3.05, 3.63) is 65.7 Å². The summed E-state index contributed by atoms with van der Waals surface area (Å²) in [6, 6.07) is 17.4. The van der Waals surface area contributed by atoms with E-state index in [0.717, 1.165) is 18.4 Å². The number of nitrogens with one attached hydrogen (secondary N) is 3. The quantitative estimate of drug-likeness (QED) is 0.625. The van der Waals surface area contributed by atoms with Crippen molar-refractivity contribution >= 4 is 23.5 Å². The van der Waals surface area contributed by atoms with Gasteiger partial charge in [0.15, 0.2) is 0 Å². The van der Waals surface area contributed by atoms with Crippen molar-refractivity contribution in [1.82, 2.24) is 10.6 Å². The monoisotopic (exact) mass is 421 g/mol. The van der Waals surface area contributed by atoms with Gasteiger partial charge in [0, 0.05) is 37.3 Å². The predicted molar refractivity (Wildman–Crippen MR) is 117 cm³/mol. The molecule has 2 fully saturated rings. The number of hydrogen-bond acceptors (Lipinski definition) is 4. The number of ether oxygens (including phenoxy) is 1. The number of imide groups is 1. The molecule has 1 unspecified atom stereocenters. The number of carbonyl (C=O) groups excluding carboxylic acids is 3. The molecule has 2 heterocycles. The fourth-order valence-electron chi connectivity index (χ4n) is 4.33. The van der Waals surface area contributed by atoms with Crippen LogP contribution in [-0.4, -0.2) is 37.6 Å². The highest BCUT2D eigenvalue weighted by Crippen LogP contribution is 2.34. The summed E-state index contributed by atoms with van der Waals surface area (Å²) >= 11 is 0. The van der Waals surface area contributed by atoms with E-state index in [1.54, 1.807) is 0 Å². The van der Waals surface area contributed by atoms with Gasteiger partial charge in [-0.15, -0.1) is 0 Å². The van der Waals surface area contributed by atoms with Crippen LogP contribution < -0.4 is 16.0 Å². The summed E-state index contributed by atoms with van der Waals surface area (Å²) in [6.45, 7) is 1.91. The zero-order valence-corrected chi connectivity index (χ0v) is 17.4. The molecular formula is C24H27N3O4. The molecule has 0 radical (unpaired) electrons. The van der Waals surface area contributed by atoms with Crippen molar-refractivity contribution in [2.75, 3.05) is 25.1 Å². The molecule has 162 valence electrons. The highest BCUT2D eigenvalue weighted by atomic mass is 16.5. The maximum atomic E-state index is 12.5.